The second-order valence-electron chi connectivity index (χ2n) is 2.89. The van der Waals surface area contributed by atoms with Gasteiger partial charge in [-0.1, -0.05) is 33.1 Å². The van der Waals surface area contributed by atoms with Gasteiger partial charge >= 0.3 is 23.1 Å². The Balaban J connectivity index is -0.0000000500. The van der Waals surface area contributed by atoms with Gasteiger partial charge in [0, 0.05) is 12.5 Å². The molecular formula is C10H25ClMgO. The van der Waals surface area contributed by atoms with Gasteiger partial charge in [0.2, 0.25) is 0 Å². The molecule has 0 aliphatic carbocycles. The fourth-order valence-corrected chi connectivity index (χ4v) is 1.26. The summed E-state index contributed by atoms with van der Waals surface area (Å²) in [5.41, 5.74) is 0. The van der Waals surface area contributed by atoms with Crippen molar-refractivity contribution in [1.82, 2.24) is 0 Å². The van der Waals surface area contributed by atoms with Crippen LogP contribution in [0.3, 0.4) is 0 Å². The molecule has 0 aliphatic rings. The zero-order valence-electron chi connectivity index (χ0n) is 11.4. The van der Waals surface area contributed by atoms with Crippen LogP contribution in [0.5, 0.6) is 0 Å². The second-order valence-corrected chi connectivity index (χ2v) is 3.20. The van der Waals surface area contributed by atoms with Crippen LogP contribution in [0.1, 0.15) is 49.3 Å². The van der Waals surface area contributed by atoms with Gasteiger partial charge in [0.25, 0.3) is 0 Å². The zero-order valence-corrected chi connectivity index (χ0v) is 11.5. The van der Waals surface area contributed by atoms with Crippen molar-refractivity contribution < 1.29 is 7.96 Å². The van der Waals surface area contributed by atoms with Crippen molar-refractivity contribution in [3.05, 3.63) is 0 Å². The van der Waals surface area contributed by atoms with E-state index in [9.17, 15) is 0 Å². The van der Waals surface area contributed by atoms with Crippen LogP contribution in [0.4, 0.5) is 0 Å². The SMILES string of the molecule is CCCCC(CC)CCl.CCO.[H-].[H-].[Mg+2]. The maximum Gasteiger partial charge on any atom is 2.00 e. The minimum absolute atomic E-state index is 0. The molecule has 13 heavy (non-hydrogen) atoms. The number of alkyl halides is 1. The van der Waals surface area contributed by atoms with E-state index in [2.05, 4.69) is 13.8 Å². The second kappa shape index (κ2) is 18.7. The topological polar surface area (TPSA) is 20.2 Å². The van der Waals surface area contributed by atoms with Gasteiger partial charge in [-0.3, -0.25) is 0 Å². The van der Waals surface area contributed by atoms with Crippen LogP contribution in [0, 0.1) is 5.92 Å². The van der Waals surface area contributed by atoms with Gasteiger partial charge < -0.3 is 7.96 Å². The molecule has 80 valence electrons. The minimum atomic E-state index is 0. The molecule has 1 unspecified atom stereocenters. The van der Waals surface area contributed by atoms with Crippen LogP contribution in [0.15, 0.2) is 0 Å². The largest absolute Gasteiger partial charge is 2.00 e. The fourth-order valence-electron chi connectivity index (χ4n) is 0.883. The Morgan fingerprint density at radius 1 is 1.31 bits per heavy atom. The van der Waals surface area contributed by atoms with Crippen molar-refractivity contribution in [2.24, 2.45) is 5.92 Å². The van der Waals surface area contributed by atoms with Gasteiger partial charge in [-0.15, -0.1) is 11.6 Å². The molecule has 1 N–H and O–H groups in total. The summed E-state index contributed by atoms with van der Waals surface area (Å²) < 4.78 is 0. The Bertz CT molecular complexity index is 76.4. The standard InChI is InChI=1S/C8H17Cl.C2H6O.Mg.2H/c1-3-5-6-8(4-2)7-9;1-2-3;;;/h8H,3-7H2,1-2H3;3H,2H2,1H3;;;/q;;+2;2*-1. The third-order valence-electron chi connectivity index (χ3n) is 1.76. The van der Waals surface area contributed by atoms with Gasteiger partial charge in [0.05, 0.1) is 0 Å². The molecule has 3 heteroatoms. The maximum absolute atomic E-state index is 7.57. The normalized spacial score (nSPS) is 10.8. The molecule has 1 nitrogen and oxygen atoms in total. The van der Waals surface area contributed by atoms with E-state index in [4.69, 9.17) is 16.7 Å². The number of halogens is 1. The van der Waals surface area contributed by atoms with Crippen LogP contribution in [-0.2, 0) is 0 Å². The summed E-state index contributed by atoms with van der Waals surface area (Å²) in [5, 5.41) is 7.57. The average Bonchev–Trinajstić information content (AvgIpc) is 2.08. The fraction of sp³-hybridized carbons (Fsp3) is 1.00. The Morgan fingerprint density at radius 3 is 2.00 bits per heavy atom. The molecule has 0 radical (unpaired) electrons. The smallest absolute Gasteiger partial charge is 1.00 e. The van der Waals surface area contributed by atoms with Gasteiger partial charge in [-0.2, -0.15) is 0 Å². The molecule has 0 aromatic carbocycles. The van der Waals surface area contributed by atoms with E-state index in [0.717, 1.165) is 11.8 Å². The van der Waals surface area contributed by atoms with Crippen LogP contribution in [-0.4, -0.2) is 40.6 Å². The summed E-state index contributed by atoms with van der Waals surface area (Å²) in [6.07, 6.45) is 5.19. The first-order valence-corrected chi connectivity index (χ1v) is 5.46. The van der Waals surface area contributed by atoms with E-state index >= 15 is 0 Å². The van der Waals surface area contributed by atoms with Crippen molar-refractivity contribution in [2.75, 3.05) is 12.5 Å². The Kier molecular flexibility index (Phi) is 28.2. The molecule has 0 saturated carbocycles. The summed E-state index contributed by atoms with van der Waals surface area (Å²) in [4.78, 5) is 0. The number of rotatable bonds is 5. The summed E-state index contributed by atoms with van der Waals surface area (Å²) in [6.45, 7) is 6.36. The van der Waals surface area contributed by atoms with Crippen LogP contribution in [0.2, 0.25) is 0 Å². The first-order chi connectivity index (χ1) is 5.76. The number of unbranched alkanes of at least 4 members (excludes halogenated alkanes) is 1. The molecule has 0 spiro atoms. The predicted molar refractivity (Wildman–Crippen MR) is 64.8 cm³/mol. The first kappa shape index (κ1) is 19.6. The number of hydrogen-bond acceptors (Lipinski definition) is 1. The van der Waals surface area contributed by atoms with Crippen molar-refractivity contribution >= 4 is 34.7 Å². The summed E-state index contributed by atoms with van der Waals surface area (Å²) >= 11 is 5.70. The van der Waals surface area contributed by atoms with E-state index in [1.807, 2.05) is 0 Å². The average molecular weight is 221 g/mol. The molecule has 0 fully saturated rings. The molecule has 0 rings (SSSR count). The molecule has 0 aromatic heterocycles. The Morgan fingerprint density at radius 2 is 1.77 bits per heavy atom. The van der Waals surface area contributed by atoms with Crippen LogP contribution < -0.4 is 0 Å². The number of aliphatic hydroxyl groups excluding tert-OH is 1. The van der Waals surface area contributed by atoms with Gasteiger partial charge in [0.1, 0.15) is 0 Å². The maximum atomic E-state index is 7.57. The zero-order chi connectivity index (χ0) is 9.82. The molecule has 0 amide bonds. The molecule has 0 bridgehead atoms. The van der Waals surface area contributed by atoms with E-state index in [-0.39, 0.29) is 32.5 Å². The molecule has 0 aromatic rings. The Hall–Kier alpha value is 1.02. The first-order valence-electron chi connectivity index (χ1n) is 4.93. The van der Waals surface area contributed by atoms with Crippen molar-refractivity contribution in [2.45, 2.75) is 46.5 Å². The summed E-state index contributed by atoms with van der Waals surface area (Å²) in [7, 11) is 0. The van der Waals surface area contributed by atoms with E-state index in [1.54, 1.807) is 6.92 Å². The van der Waals surface area contributed by atoms with Crippen molar-refractivity contribution in [3.63, 3.8) is 0 Å². The Labute approximate surface area is 107 Å². The predicted octanol–water partition coefficient (Wildman–Crippen LogP) is 3.28. The van der Waals surface area contributed by atoms with Gasteiger partial charge in [-0.05, 0) is 19.3 Å². The number of aliphatic hydroxyl groups is 1. The van der Waals surface area contributed by atoms with Crippen LogP contribution in [0.25, 0.3) is 0 Å². The third-order valence-corrected chi connectivity index (χ3v) is 2.20. The molecular weight excluding hydrogens is 196 g/mol. The van der Waals surface area contributed by atoms with Crippen molar-refractivity contribution in [3.8, 4) is 0 Å². The third kappa shape index (κ3) is 19.4. The van der Waals surface area contributed by atoms with Crippen LogP contribution >= 0.6 is 11.6 Å². The van der Waals surface area contributed by atoms with E-state index in [1.165, 1.54) is 25.7 Å². The van der Waals surface area contributed by atoms with Crippen molar-refractivity contribution in [1.29, 1.82) is 0 Å². The van der Waals surface area contributed by atoms with Gasteiger partial charge in [-0.25, -0.2) is 0 Å². The van der Waals surface area contributed by atoms with E-state index in [0.29, 0.717) is 0 Å². The molecule has 0 saturated heterocycles. The van der Waals surface area contributed by atoms with Gasteiger partial charge in [0.15, 0.2) is 0 Å². The number of hydrogen-bond donors (Lipinski definition) is 1. The quantitative estimate of drug-likeness (QED) is 0.557. The monoisotopic (exact) mass is 220 g/mol. The molecule has 0 aliphatic heterocycles. The van der Waals surface area contributed by atoms with E-state index < -0.39 is 0 Å². The molecule has 1 atom stereocenters. The minimum Gasteiger partial charge on any atom is -1.00 e. The summed E-state index contributed by atoms with van der Waals surface area (Å²) in [5.74, 6) is 1.61. The molecule has 0 heterocycles. The summed E-state index contributed by atoms with van der Waals surface area (Å²) in [6, 6.07) is 0.